The van der Waals surface area contributed by atoms with Crippen LogP contribution in [0.4, 0.5) is 15.8 Å². The third-order valence-electron chi connectivity index (χ3n) is 2.85. The second-order valence-corrected chi connectivity index (χ2v) is 4.96. The molecule has 1 N–H and O–H groups in total. The second kappa shape index (κ2) is 7.51. The smallest absolute Gasteiger partial charge is 0.340 e. The number of carbonyl (C=O) groups is 2. The summed E-state index contributed by atoms with van der Waals surface area (Å²) < 4.78 is 17.7. The number of carbonyl (C=O) groups excluding carboxylic acids is 2. The van der Waals surface area contributed by atoms with Crippen molar-refractivity contribution in [2.24, 2.45) is 0 Å². The standard InChI is InChI=1S/C15H10ClFN2O5/c16-13-7-9(17)1-6-12(13)15(21)24-8-14(20)18-10-2-4-11(5-3-10)19(22)23/h1-7H,8H2,(H,18,20). The highest BCUT2D eigenvalue weighted by molar-refractivity contribution is 6.33. The Hall–Kier alpha value is -3.00. The van der Waals surface area contributed by atoms with Crippen LogP contribution >= 0.6 is 11.6 Å². The number of nitro groups is 1. The van der Waals surface area contributed by atoms with Crippen molar-refractivity contribution in [3.63, 3.8) is 0 Å². The molecule has 2 aromatic carbocycles. The number of amides is 1. The predicted molar refractivity (Wildman–Crippen MR) is 83.4 cm³/mol. The van der Waals surface area contributed by atoms with Crippen LogP contribution in [0, 0.1) is 15.9 Å². The van der Waals surface area contributed by atoms with Crippen molar-refractivity contribution in [3.05, 3.63) is 69.0 Å². The van der Waals surface area contributed by atoms with Crippen molar-refractivity contribution in [1.29, 1.82) is 0 Å². The molecule has 2 aromatic rings. The molecule has 0 bridgehead atoms. The zero-order valence-corrected chi connectivity index (χ0v) is 12.7. The number of hydrogen-bond acceptors (Lipinski definition) is 5. The molecule has 0 saturated carbocycles. The Morgan fingerprint density at radius 1 is 1.21 bits per heavy atom. The number of nitrogens with zero attached hydrogens (tertiary/aromatic N) is 1. The molecule has 0 spiro atoms. The first-order valence-corrected chi connectivity index (χ1v) is 6.91. The van der Waals surface area contributed by atoms with E-state index in [0.717, 1.165) is 18.2 Å². The maximum absolute atomic E-state index is 12.9. The fraction of sp³-hybridized carbons (Fsp3) is 0.0667. The lowest BCUT2D eigenvalue weighted by molar-refractivity contribution is -0.384. The lowest BCUT2D eigenvalue weighted by Crippen LogP contribution is -2.21. The molecule has 0 aliphatic heterocycles. The van der Waals surface area contributed by atoms with Crippen molar-refractivity contribution < 1.29 is 23.6 Å². The molecule has 124 valence electrons. The molecule has 0 atom stereocenters. The second-order valence-electron chi connectivity index (χ2n) is 4.55. The van der Waals surface area contributed by atoms with Crippen LogP contribution < -0.4 is 5.32 Å². The van der Waals surface area contributed by atoms with Gasteiger partial charge in [0.25, 0.3) is 11.6 Å². The first kappa shape index (κ1) is 17.4. The minimum absolute atomic E-state index is 0.0683. The highest BCUT2D eigenvalue weighted by atomic mass is 35.5. The Bertz CT molecular complexity index is 795. The number of esters is 1. The number of anilines is 1. The lowest BCUT2D eigenvalue weighted by atomic mass is 10.2. The summed E-state index contributed by atoms with van der Waals surface area (Å²) in [6.07, 6.45) is 0. The van der Waals surface area contributed by atoms with Gasteiger partial charge in [-0.05, 0) is 30.3 Å². The predicted octanol–water partition coefficient (Wildman–Crippen LogP) is 3.18. The van der Waals surface area contributed by atoms with Gasteiger partial charge in [-0.3, -0.25) is 14.9 Å². The van der Waals surface area contributed by atoms with Gasteiger partial charge >= 0.3 is 5.97 Å². The Balaban J connectivity index is 1.90. The fourth-order valence-corrected chi connectivity index (χ4v) is 1.97. The van der Waals surface area contributed by atoms with Crippen molar-refractivity contribution in [3.8, 4) is 0 Å². The zero-order valence-electron chi connectivity index (χ0n) is 12.0. The van der Waals surface area contributed by atoms with Crippen LogP contribution in [0.25, 0.3) is 0 Å². The van der Waals surface area contributed by atoms with Crippen molar-refractivity contribution in [1.82, 2.24) is 0 Å². The van der Waals surface area contributed by atoms with E-state index in [2.05, 4.69) is 5.32 Å². The molecule has 2 rings (SSSR count). The topological polar surface area (TPSA) is 98.5 Å². The highest BCUT2D eigenvalue weighted by Crippen LogP contribution is 2.18. The molecule has 24 heavy (non-hydrogen) atoms. The minimum atomic E-state index is -0.876. The summed E-state index contributed by atoms with van der Waals surface area (Å²) >= 11 is 5.71. The van der Waals surface area contributed by atoms with Crippen molar-refractivity contribution in [2.45, 2.75) is 0 Å². The molecular weight excluding hydrogens is 343 g/mol. The Morgan fingerprint density at radius 2 is 1.88 bits per heavy atom. The molecule has 1 amide bonds. The number of non-ortho nitro benzene ring substituents is 1. The summed E-state index contributed by atoms with van der Waals surface area (Å²) in [4.78, 5) is 33.4. The molecular formula is C15H10ClFN2O5. The average molecular weight is 353 g/mol. The summed E-state index contributed by atoms with van der Waals surface area (Å²) in [7, 11) is 0. The molecule has 0 fully saturated rings. The molecule has 0 aliphatic carbocycles. The van der Waals surface area contributed by atoms with Gasteiger partial charge in [0, 0.05) is 17.8 Å². The van der Waals surface area contributed by atoms with Gasteiger partial charge in [-0.15, -0.1) is 0 Å². The van der Waals surface area contributed by atoms with Gasteiger partial charge in [0.05, 0.1) is 15.5 Å². The number of benzene rings is 2. The Kier molecular flexibility index (Phi) is 5.43. The third-order valence-corrected chi connectivity index (χ3v) is 3.16. The summed E-state index contributed by atoms with van der Waals surface area (Å²) in [6, 6.07) is 8.27. The van der Waals surface area contributed by atoms with Crippen LogP contribution in [-0.4, -0.2) is 23.4 Å². The normalized spacial score (nSPS) is 10.1. The third kappa shape index (κ3) is 4.50. The van der Waals surface area contributed by atoms with Gasteiger partial charge in [-0.1, -0.05) is 11.6 Å². The van der Waals surface area contributed by atoms with Crippen LogP contribution in [0.1, 0.15) is 10.4 Å². The van der Waals surface area contributed by atoms with Crippen molar-refractivity contribution >= 4 is 34.9 Å². The van der Waals surface area contributed by atoms with Gasteiger partial charge < -0.3 is 10.1 Å². The molecule has 0 aliphatic rings. The summed E-state index contributed by atoms with van der Waals surface area (Å²) in [5.41, 5.74) is 0.119. The van der Waals surface area contributed by atoms with Gasteiger partial charge in [-0.25, -0.2) is 9.18 Å². The first-order chi connectivity index (χ1) is 11.4. The molecule has 0 radical (unpaired) electrons. The van der Waals surface area contributed by atoms with Crippen LogP contribution in [0.2, 0.25) is 5.02 Å². The molecule has 9 heteroatoms. The number of ether oxygens (including phenoxy) is 1. The van der Waals surface area contributed by atoms with Crippen molar-refractivity contribution in [2.75, 3.05) is 11.9 Å². The van der Waals surface area contributed by atoms with E-state index in [1.54, 1.807) is 0 Å². The van der Waals surface area contributed by atoms with Crippen LogP contribution in [0.5, 0.6) is 0 Å². The monoisotopic (exact) mass is 352 g/mol. The summed E-state index contributed by atoms with van der Waals surface area (Å²) in [6.45, 7) is -0.594. The van der Waals surface area contributed by atoms with E-state index >= 15 is 0 Å². The van der Waals surface area contributed by atoms with Crippen LogP contribution in [0.3, 0.4) is 0 Å². The number of nitrogens with one attached hydrogen (secondary N) is 1. The number of halogens is 2. The van der Waals surface area contributed by atoms with Gasteiger partial charge in [0.15, 0.2) is 6.61 Å². The number of nitro benzene ring substituents is 1. The number of rotatable bonds is 5. The Morgan fingerprint density at radius 3 is 2.46 bits per heavy atom. The summed E-state index contributed by atoms with van der Waals surface area (Å²) in [5.74, 6) is -2.12. The fourth-order valence-electron chi connectivity index (χ4n) is 1.73. The van der Waals surface area contributed by atoms with E-state index in [4.69, 9.17) is 16.3 Å². The SMILES string of the molecule is O=C(COC(=O)c1ccc(F)cc1Cl)Nc1ccc([N+](=O)[O-])cc1. The molecule has 0 unspecified atom stereocenters. The van der Waals surface area contributed by atoms with Gasteiger partial charge in [0.1, 0.15) is 5.82 Å². The van der Waals surface area contributed by atoms with Gasteiger partial charge in [-0.2, -0.15) is 0 Å². The molecule has 0 saturated heterocycles. The summed E-state index contributed by atoms with van der Waals surface area (Å²) in [5, 5.41) is 12.8. The minimum Gasteiger partial charge on any atom is -0.452 e. The average Bonchev–Trinajstić information content (AvgIpc) is 2.53. The van der Waals surface area contributed by atoms with E-state index in [-0.39, 0.29) is 16.3 Å². The maximum Gasteiger partial charge on any atom is 0.340 e. The van der Waals surface area contributed by atoms with E-state index in [0.29, 0.717) is 5.69 Å². The zero-order chi connectivity index (χ0) is 17.7. The largest absolute Gasteiger partial charge is 0.452 e. The lowest BCUT2D eigenvalue weighted by Gasteiger charge is -2.07. The van der Waals surface area contributed by atoms with E-state index in [1.165, 1.54) is 24.3 Å². The first-order valence-electron chi connectivity index (χ1n) is 6.53. The van der Waals surface area contributed by atoms with Crippen LogP contribution in [0.15, 0.2) is 42.5 Å². The highest BCUT2D eigenvalue weighted by Gasteiger charge is 2.14. The maximum atomic E-state index is 12.9. The van der Waals surface area contributed by atoms with E-state index < -0.39 is 29.2 Å². The molecule has 0 heterocycles. The quantitative estimate of drug-likeness (QED) is 0.506. The number of hydrogen-bond donors (Lipinski definition) is 1. The van der Waals surface area contributed by atoms with Gasteiger partial charge in [0.2, 0.25) is 0 Å². The molecule has 0 aromatic heterocycles. The van der Waals surface area contributed by atoms with E-state index in [1.807, 2.05) is 0 Å². The van der Waals surface area contributed by atoms with E-state index in [9.17, 15) is 24.1 Å². The molecule has 7 nitrogen and oxygen atoms in total. The van der Waals surface area contributed by atoms with Crippen LogP contribution in [-0.2, 0) is 9.53 Å². The Labute approximate surface area is 140 Å².